The number of benzene rings is 1. The first-order valence-corrected chi connectivity index (χ1v) is 9.32. The smallest absolute Gasteiger partial charge is 0.192 e. The first-order chi connectivity index (χ1) is 11.6. The van der Waals surface area contributed by atoms with Crippen LogP contribution in [0.5, 0.6) is 0 Å². The van der Waals surface area contributed by atoms with Gasteiger partial charge in [-0.1, -0.05) is 37.3 Å². The Morgan fingerprint density at radius 3 is 2.56 bits per heavy atom. The van der Waals surface area contributed by atoms with E-state index in [4.69, 9.17) is 0 Å². The molecule has 0 radical (unpaired) electrons. The first kappa shape index (κ1) is 21.8. The van der Waals surface area contributed by atoms with Gasteiger partial charge in [0.2, 0.25) is 0 Å². The van der Waals surface area contributed by atoms with E-state index in [9.17, 15) is 0 Å². The molecule has 6 nitrogen and oxygen atoms in total. The average Bonchev–Trinajstić information content (AvgIpc) is 2.93. The highest BCUT2D eigenvalue weighted by molar-refractivity contribution is 14.0. The van der Waals surface area contributed by atoms with Gasteiger partial charge in [-0.3, -0.25) is 0 Å². The van der Waals surface area contributed by atoms with Crippen LogP contribution in [-0.2, 0) is 20.1 Å². The van der Waals surface area contributed by atoms with E-state index in [0.29, 0.717) is 18.3 Å². The normalized spacial score (nSPS) is 12.4. The predicted molar refractivity (Wildman–Crippen MR) is 117 cm³/mol. The van der Waals surface area contributed by atoms with Crippen LogP contribution in [0.15, 0.2) is 35.3 Å². The number of aromatic nitrogens is 3. The van der Waals surface area contributed by atoms with Crippen molar-refractivity contribution in [2.24, 2.45) is 12.0 Å². The zero-order chi connectivity index (χ0) is 17.4. The Morgan fingerprint density at radius 2 is 1.96 bits per heavy atom. The number of nitrogens with one attached hydrogen (secondary N) is 2. The molecule has 1 aromatic carbocycles. The van der Waals surface area contributed by atoms with Crippen LogP contribution in [0.3, 0.4) is 0 Å². The number of rotatable bonds is 7. The van der Waals surface area contributed by atoms with Gasteiger partial charge in [-0.15, -0.1) is 34.2 Å². The molecule has 0 bridgehead atoms. The van der Waals surface area contributed by atoms with Gasteiger partial charge in [0, 0.05) is 18.8 Å². The highest BCUT2D eigenvalue weighted by Gasteiger charge is 2.07. The summed E-state index contributed by atoms with van der Waals surface area (Å²) < 4.78 is 1.98. The van der Waals surface area contributed by atoms with Crippen molar-refractivity contribution in [1.29, 1.82) is 0 Å². The predicted octanol–water partition coefficient (Wildman–Crippen LogP) is 2.73. The van der Waals surface area contributed by atoms with Gasteiger partial charge < -0.3 is 15.2 Å². The minimum atomic E-state index is 0. The number of nitrogens with zero attached hydrogens (tertiary/aromatic N) is 4. The molecule has 1 unspecified atom stereocenters. The van der Waals surface area contributed by atoms with Crippen molar-refractivity contribution in [3.8, 4) is 0 Å². The van der Waals surface area contributed by atoms with Gasteiger partial charge in [-0.25, -0.2) is 4.99 Å². The molecular weight excluding hydrogens is 447 g/mol. The Balaban J connectivity index is 0.00000312. The Kier molecular flexibility index (Phi) is 9.88. The third-order valence-corrected chi connectivity index (χ3v) is 4.79. The van der Waals surface area contributed by atoms with Crippen molar-refractivity contribution in [3.05, 3.63) is 47.5 Å². The van der Waals surface area contributed by atoms with Crippen molar-refractivity contribution in [1.82, 2.24) is 25.4 Å². The molecule has 0 aliphatic heterocycles. The van der Waals surface area contributed by atoms with E-state index >= 15 is 0 Å². The van der Waals surface area contributed by atoms with E-state index in [1.165, 1.54) is 5.56 Å². The molecule has 0 spiro atoms. The van der Waals surface area contributed by atoms with Crippen molar-refractivity contribution in [2.75, 3.05) is 12.8 Å². The van der Waals surface area contributed by atoms with Crippen LogP contribution in [-0.4, -0.2) is 38.8 Å². The summed E-state index contributed by atoms with van der Waals surface area (Å²) in [6.45, 7) is 6.23. The number of hydrogen-bond donors (Lipinski definition) is 2. The molecule has 2 N–H and O–H groups in total. The second-order valence-corrected chi connectivity index (χ2v) is 6.93. The van der Waals surface area contributed by atoms with Crippen LogP contribution in [0.1, 0.15) is 24.1 Å². The lowest BCUT2D eigenvalue weighted by Crippen LogP contribution is -2.40. The van der Waals surface area contributed by atoms with Crippen LogP contribution in [0.25, 0.3) is 0 Å². The fraction of sp³-hybridized carbons (Fsp3) is 0.471. The topological polar surface area (TPSA) is 67.1 Å². The molecule has 0 aliphatic rings. The summed E-state index contributed by atoms with van der Waals surface area (Å²) in [4.78, 5) is 4.68. The lowest BCUT2D eigenvalue weighted by Gasteiger charge is -2.15. The maximum Gasteiger partial charge on any atom is 0.192 e. The maximum absolute atomic E-state index is 4.68. The maximum atomic E-state index is 4.68. The van der Waals surface area contributed by atoms with Gasteiger partial charge in [0.05, 0.1) is 13.1 Å². The molecule has 2 rings (SSSR count). The molecule has 25 heavy (non-hydrogen) atoms. The van der Waals surface area contributed by atoms with E-state index < -0.39 is 0 Å². The lowest BCUT2D eigenvalue weighted by atomic mass is 10.2. The van der Waals surface area contributed by atoms with E-state index in [-0.39, 0.29) is 24.0 Å². The van der Waals surface area contributed by atoms with E-state index in [1.54, 1.807) is 0 Å². The molecule has 138 valence electrons. The summed E-state index contributed by atoms with van der Waals surface area (Å²) in [5, 5.41) is 15.5. The zero-order valence-electron chi connectivity index (χ0n) is 15.2. The molecule has 1 aromatic heterocycles. The minimum Gasteiger partial charge on any atom is -0.355 e. The van der Waals surface area contributed by atoms with E-state index in [1.807, 2.05) is 48.5 Å². The molecule has 2 aromatic rings. The average molecular weight is 474 g/mol. The van der Waals surface area contributed by atoms with Crippen LogP contribution in [0.2, 0.25) is 0 Å². The zero-order valence-corrected chi connectivity index (χ0v) is 18.3. The Morgan fingerprint density at radius 1 is 1.24 bits per heavy atom. The quantitative estimate of drug-likeness (QED) is 0.367. The minimum absolute atomic E-state index is 0. The molecule has 0 fully saturated rings. The number of hydrogen-bond acceptors (Lipinski definition) is 4. The van der Waals surface area contributed by atoms with Crippen LogP contribution >= 0.6 is 35.7 Å². The Bertz CT molecular complexity index is 658. The number of thioether (sulfide) groups is 1. The van der Waals surface area contributed by atoms with E-state index in [0.717, 1.165) is 24.2 Å². The van der Waals surface area contributed by atoms with Crippen LogP contribution < -0.4 is 10.6 Å². The monoisotopic (exact) mass is 474 g/mol. The largest absolute Gasteiger partial charge is 0.355 e. The molecule has 0 saturated carbocycles. The molecule has 1 atom stereocenters. The summed E-state index contributed by atoms with van der Waals surface area (Å²) >= 11 is 1.83. The van der Waals surface area contributed by atoms with E-state index in [2.05, 4.69) is 51.1 Å². The summed E-state index contributed by atoms with van der Waals surface area (Å²) in [5.74, 6) is 2.58. The Labute approximate surface area is 171 Å². The first-order valence-electron chi connectivity index (χ1n) is 8.04. The number of aliphatic imine (C=N–C) groups is 1. The molecule has 0 saturated heterocycles. The highest BCUT2D eigenvalue weighted by Crippen LogP contribution is 2.03. The third kappa shape index (κ3) is 7.23. The van der Waals surface area contributed by atoms with Gasteiger partial charge >= 0.3 is 0 Å². The second kappa shape index (κ2) is 11.3. The lowest BCUT2D eigenvalue weighted by molar-refractivity contribution is 0.712. The van der Waals surface area contributed by atoms with Crippen molar-refractivity contribution in [2.45, 2.75) is 32.2 Å². The summed E-state index contributed by atoms with van der Waals surface area (Å²) in [6.07, 6.45) is 2.11. The van der Waals surface area contributed by atoms with Crippen molar-refractivity contribution < 1.29 is 0 Å². The molecule has 0 amide bonds. The van der Waals surface area contributed by atoms with Gasteiger partial charge in [-0.2, -0.15) is 11.8 Å². The number of aryl methyl sites for hydroxylation is 1. The summed E-state index contributed by atoms with van der Waals surface area (Å²) in [6, 6.07) is 10.2. The molecule has 8 heteroatoms. The van der Waals surface area contributed by atoms with Gasteiger partial charge in [0.25, 0.3) is 0 Å². The molecule has 0 aliphatic carbocycles. The van der Waals surface area contributed by atoms with Crippen molar-refractivity contribution >= 4 is 41.7 Å². The van der Waals surface area contributed by atoms with Crippen LogP contribution in [0.4, 0.5) is 0 Å². The molecule has 1 heterocycles. The standard InChI is InChI=1S/C17H26N6S.HI/c1-13(24-4)10-18-17(19-11-15-8-6-5-7-9-15)20-12-16-22-21-14(2)23(16)3;/h5-9,13H,10-12H2,1-4H3,(H2,18,19,20);1H. The van der Waals surface area contributed by atoms with Gasteiger partial charge in [-0.05, 0) is 18.7 Å². The second-order valence-electron chi connectivity index (χ2n) is 5.65. The van der Waals surface area contributed by atoms with Gasteiger partial charge in [0.1, 0.15) is 5.82 Å². The molecular formula is C17H27IN6S. The Hall–Kier alpha value is -1.29. The number of halogens is 1. The highest BCUT2D eigenvalue weighted by atomic mass is 127. The van der Waals surface area contributed by atoms with Crippen LogP contribution in [0, 0.1) is 6.92 Å². The summed E-state index contributed by atoms with van der Waals surface area (Å²) in [5.41, 5.74) is 1.19. The van der Waals surface area contributed by atoms with Gasteiger partial charge in [0.15, 0.2) is 11.8 Å². The number of guanidine groups is 1. The third-order valence-electron chi connectivity index (χ3n) is 3.82. The fourth-order valence-electron chi connectivity index (χ4n) is 2.02. The SMILES string of the molecule is CSC(C)CNC(=NCc1ccccc1)NCc1nnc(C)n1C.I. The summed E-state index contributed by atoms with van der Waals surface area (Å²) in [7, 11) is 1.97. The van der Waals surface area contributed by atoms with Crippen molar-refractivity contribution in [3.63, 3.8) is 0 Å². The fourth-order valence-corrected chi connectivity index (χ4v) is 2.27.